The van der Waals surface area contributed by atoms with Crippen LogP contribution in [0.15, 0.2) is 16.9 Å². The summed E-state index contributed by atoms with van der Waals surface area (Å²) in [5, 5.41) is 16.1. The van der Waals surface area contributed by atoms with Crippen molar-refractivity contribution in [2.75, 3.05) is 18.5 Å². The van der Waals surface area contributed by atoms with Crippen LogP contribution in [0.4, 0.5) is 5.82 Å². The summed E-state index contributed by atoms with van der Waals surface area (Å²) in [6.07, 6.45) is 2.00. The van der Waals surface area contributed by atoms with Crippen LogP contribution in [0.5, 0.6) is 0 Å². The summed E-state index contributed by atoms with van der Waals surface area (Å²) < 4.78 is 7.08. The maximum absolute atomic E-state index is 12.5. The fraction of sp³-hybridized carbons (Fsp3) is 0.412. The molecule has 1 aliphatic heterocycles. The molecule has 3 heterocycles. The van der Waals surface area contributed by atoms with E-state index in [-0.39, 0.29) is 17.2 Å². The standard InChI is InChI=1S/C17H19N5O3/c1-10-6-12(8-18)16(23)20-15(10)17(24)19-14-7-13(21-22(14)2)11-4-3-5-25-9-11/h6-7,11H,3-5,9H2,1-2H3,(H,19,24)(H,20,23). The highest BCUT2D eigenvalue weighted by atomic mass is 16.5. The van der Waals surface area contributed by atoms with Crippen molar-refractivity contribution >= 4 is 11.7 Å². The van der Waals surface area contributed by atoms with Crippen LogP contribution in [0, 0.1) is 18.3 Å². The maximum atomic E-state index is 12.5. The van der Waals surface area contributed by atoms with Gasteiger partial charge >= 0.3 is 0 Å². The SMILES string of the molecule is Cc1cc(C#N)c(=O)[nH]c1C(=O)Nc1cc(C2CCCOC2)nn1C. The molecule has 2 aromatic rings. The number of pyridine rings is 1. The molecule has 2 aromatic heterocycles. The molecule has 130 valence electrons. The van der Waals surface area contributed by atoms with E-state index in [2.05, 4.69) is 15.4 Å². The number of nitrogens with zero attached hydrogens (tertiary/aromatic N) is 3. The molecule has 1 aliphatic rings. The van der Waals surface area contributed by atoms with Gasteiger partial charge in [0, 0.05) is 25.6 Å². The molecule has 0 aliphatic carbocycles. The number of hydrogen-bond donors (Lipinski definition) is 2. The Morgan fingerprint density at radius 1 is 1.52 bits per heavy atom. The molecule has 0 bridgehead atoms. The molecule has 0 radical (unpaired) electrons. The Bertz CT molecular complexity index is 900. The molecular formula is C17H19N5O3. The van der Waals surface area contributed by atoms with Gasteiger partial charge in [0.25, 0.3) is 11.5 Å². The summed E-state index contributed by atoms with van der Waals surface area (Å²) in [7, 11) is 1.75. The Morgan fingerprint density at radius 3 is 3.00 bits per heavy atom. The number of H-pyrrole nitrogens is 1. The average Bonchev–Trinajstić information content (AvgIpc) is 2.98. The number of aromatic amines is 1. The number of carbonyl (C=O) groups is 1. The molecule has 8 nitrogen and oxygen atoms in total. The molecule has 1 unspecified atom stereocenters. The highest BCUT2D eigenvalue weighted by Gasteiger charge is 2.21. The number of amides is 1. The first kappa shape index (κ1) is 16.9. The van der Waals surface area contributed by atoms with Gasteiger partial charge < -0.3 is 15.0 Å². The fourth-order valence-electron chi connectivity index (χ4n) is 2.91. The number of ether oxygens (including phenoxy) is 1. The van der Waals surface area contributed by atoms with Crippen molar-refractivity contribution in [2.45, 2.75) is 25.7 Å². The van der Waals surface area contributed by atoms with Gasteiger partial charge in [-0.15, -0.1) is 0 Å². The van der Waals surface area contributed by atoms with Gasteiger partial charge in [-0.25, -0.2) is 0 Å². The van der Waals surface area contributed by atoms with Gasteiger partial charge in [-0.3, -0.25) is 14.3 Å². The minimum Gasteiger partial charge on any atom is -0.381 e. The van der Waals surface area contributed by atoms with Crippen molar-refractivity contribution in [3.05, 3.63) is 45.0 Å². The summed E-state index contributed by atoms with van der Waals surface area (Å²) in [5.74, 6) is 0.311. The van der Waals surface area contributed by atoms with Crippen molar-refractivity contribution in [1.82, 2.24) is 14.8 Å². The number of aryl methyl sites for hydroxylation is 2. The Morgan fingerprint density at radius 2 is 2.32 bits per heavy atom. The number of hydrogen-bond acceptors (Lipinski definition) is 5. The summed E-state index contributed by atoms with van der Waals surface area (Å²) in [4.78, 5) is 26.7. The van der Waals surface area contributed by atoms with Crippen molar-refractivity contribution in [1.29, 1.82) is 5.26 Å². The summed E-state index contributed by atoms with van der Waals surface area (Å²) in [5.41, 5.74) is 0.935. The van der Waals surface area contributed by atoms with Crippen LogP contribution in [0.2, 0.25) is 0 Å². The zero-order valence-electron chi connectivity index (χ0n) is 14.1. The summed E-state index contributed by atoms with van der Waals surface area (Å²) in [6, 6.07) is 5.03. The van der Waals surface area contributed by atoms with Crippen LogP contribution >= 0.6 is 0 Å². The van der Waals surface area contributed by atoms with Crippen LogP contribution in [-0.2, 0) is 11.8 Å². The van der Waals surface area contributed by atoms with E-state index in [1.807, 2.05) is 6.07 Å². The predicted molar refractivity (Wildman–Crippen MR) is 90.5 cm³/mol. The van der Waals surface area contributed by atoms with E-state index < -0.39 is 11.5 Å². The van der Waals surface area contributed by atoms with Crippen LogP contribution in [0.25, 0.3) is 0 Å². The lowest BCUT2D eigenvalue weighted by molar-refractivity contribution is 0.0791. The molecule has 2 N–H and O–H groups in total. The van der Waals surface area contributed by atoms with E-state index in [1.165, 1.54) is 6.07 Å². The van der Waals surface area contributed by atoms with Crippen LogP contribution in [0.1, 0.15) is 46.1 Å². The number of nitriles is 1. The van der Waals surface area contributed by atoms with Gasteiger partial charge in [0.05, 0.1) is 12.3 Å². The minimum absolute atomic E-state index is 0.0193. The summed E-state index contributed by atoms with van der Waals surface area (Å²) in [6.45, 7) is 3.07. The smallest absolute Gasteiger partial charge is 0.273 e. The largest absolute Gasteiger partial charge is 0.381 e. The first-order chi connectivity index (χ1) is 12.0. The molecule has 8 heteroatoms. The number of carbonyl (C=O) groups excluding carboxylic acids is 1. The van der Waals surface area contributed by atoms with E-state index in [4.69, 9.17) is 10.00 Å². The Labute approximate surface area is 144 Å². The van der Waals surface area contributed by atoms with Gasteiger partial charge in [-0.2, -0.15) is 10.4 Å². The van der Waals surface area contributed by atoms with Crippen molar-refractivity contribution in [3.8, 4) is 6.07 Å². The number of aromatic nitrogens is 3. The number of nitrogens with one attached hydrogen (secondary N) is 2. The van der Waals surface area contributed by atoms with Gasteiger partial charge in [-0.1, -0.05) is 0 Å². The second-order valence-electron chi connectivity index (χ2n) is 6.13. The molecule has 1 fully saturated rings. The van der Waals surface area contributed by atoms with E-state index in [0.29, 0.717) is 18.0 Å². The molecular weight excluding hydrogens is 322 g/mol. The van der Waals surface area contributed by atoms with E-state index in [0.717, 1.165) is 25.1 Å². The molecule has 1 amide bonds. The lowest BCUT2D eigenvalue weighted by atomic mass is 9.99. The minimum atomic E-state index is -0.580. The lowest BCUT2D eigenvalue weighted by Crippen LogP contribution is -2.22. The molecule has 3 rings (SSSR count). The molecule has 1 atom stereocenters. The molecule has 25 heavy (non-hydrogen) atoms. The molecule has 0 aromatic carbocycles. The second-order valence-corrected chi connectivity index (χ2v) is 6.13. The summed E-state index contributed by atoms with van der Waals surface area (Å²) >= 11 is 0. The van der Waals surface area contributed by atoms with Crippen LogP contribution in [0.3, 0.4) is 0 Å². The molecule has 0 spiro atoms. The third-order valence-corrected chi connectivity index (χ3v) is 4.30. The van der Waals surface area contributed by atoms with Crippen LogP contribution in [-0.4, -0.2) is 33.9 Å². The normalized spacial score (nSPS) is 17.1. The second kappa shape index (κ2) is 6.91. The first-order valence-electron chi connectivity index (χ1n) is 8.06. The Hall–Kier alpha value is -2.92. The quantitative estimate of drug-likeness (QED) is 0.877. The highest BCUT2D eigenvalue weighted by molar-refractivity contribution is 6.03. The third kappa shape index (κ3) is 3.46. The van der Waals surface area contributed by atoms with Gasteiger partial charge in [0.15, 0.2) is 0 Å². The van der Waals surface area contributed by atoms with Crippen molar-refractivity contribution in [3.63, 3.8) is 0 Å². The van der Waals surface area contributed by atoms with E-state index >= 15 is 0 Å². The van der Waals surface area contributed by atoms with Gasteiger partial charge in [0.2, 0.25) is 0 Å². The zero-order valence-corrected chi connectivity index (χ0v) is 14.1. The number of rotatable bonds is 3. The van der Waals surface area contributed by atoms with E-state index in [9.17, 15) is 9.59 Å². The highest BCUT2D eigenvalue weighted by Crippen LogP contribution is 2.26. The Balaban J connectivity index is 1.82. The predicted octanol–water partition coefficient (Wildman–Crippen LogP) is 1.43. The zero-order chi connectivity index (χ0) is 18.0. The maximum Gasteiger partial charge on any atom is 0.273 e. The van der Waals surface area contributed by atoms with Gasteiger partial charge in [-0.05, 0) is 31.4 Å². The fourth-order valence-corrected chi connectivity index (χ4v) is 2.91. The average molecular weight is 341 g/mol. The Kier molecular flexibility index (Phi) is 4.67. The third-order valence-electron chi connectivity index (χ3n) is 4.30. The van der Waals surface area contributed by atoms with Crippen LogP contribution < -0.4 is 10.9 Å². The van der Waals surface area contributed by atoms with Gasteiger partial charge in [0.1, 0.15) is 23.1 Å². The molecule has 0 saturated carbocycles. The van der Waals surface area contributed by atoms with Crippen molar-refractivity contribution < 1.29 is 9.53 Å². The van der Waals surface area contributed by atoms with E-state index in [1.54, 1.807) is 24.7 Å². The van der Waals surface area contributed by atoms with Crippen molar-refractivity contribution in [2.24, 2.45) is 7.05 Å². The first-order valence-corrected chi connectivity index (χ1v) is 8.06. The number of anilines is 1. The molecule has 1 saturated heterocycles. The topological polar surface area (TPSA) is 113 Å². The monoisotopic (exact) mass is 341 g/mol. The lowest BCUT2D eigenvalue weighted by Gasteiger charge is -2.19.